The van der Waals surface area contributed by atoms with Crippen molar-refractivity contribution in [1.82, 2.24) is 0 Å². The smallest absolute Gasteiger partial charge is 0.339 e. The summed E-state index contributed by atoms with van der Waals surface area (Å²) >= 11 is 5.87. The molecule has 0 bridgehead atoms. The molecule has 1 amide bonds. The lowest BCUT2D eigenvalue weighted by atomic mass is 10.1. The van der Waals surface area contributed by atoms with Crippen molar-refractivity contribution in [3.8, 4) is 0 Å². The highest BCUT2D eigenvalue weighted by molar-refractivity contribution is 6.33. The molecule has 0 heterocycles. The van der Waals surface area contributed by atoms with E-state index >= 15 is 0 Å². The number of nitrogens with two attached hydrogens (primary N) is 1. The Morgan fingerprint density at radius 2 is 2.26 bits per heavy atom. The van der Waals surface area contributed by atoms with E-state index in [0.29, 0.717) is 12.1 Å². The van der Waals surface area contributed by atoms with Crippen LogP contribution >= 0.6 is 11.6 Å². The zero-order chi connectivity index (χ0) is 14.4. The van der Waals surface area contributed by atoms with Crippen molar-refractivity contribution in [2.45, 2.75) is 12.5 Å². The number of ether oxygens (including phenoxy) is 1. The van der Waals surface area contributed by atoms with E-state index in [9.17, 15) is 9.59 Å². The minimum absolute atomic E-state index is 0.180. The van der Waals surface area contributed by atoms with Crippen LogP contribution in [0.5, 0.6) is 0 Å². The maximum absolute atomic E-state index is 11.7. The van der Waals surface area contributed by atoms with Crippen LogP contribution in [0.25, 0.3) is 0 Å². The first-order chi connectivity index (χ1) is 8.99. The summed E-state index contributed by atoms with van der Waals surface area (Å²) in [5.41, 5.74) is 6.23. The van der Waals surface area contributed by atoms with E-state index in [2.05, 4.69) is 16.6 Å². The lowest BCUT2D eigenvalue weighted by Gasteiger charge is -2.11. The minimum atomic E-state index is -0.685. The van der Waals surface area contributed by atoms with Gasteiger partial charge in [0.2, 0.25) is 5.91 Å². The predicted molar refractivity (Wildman–Crippen MR) is 74.2 cm³/mol. The van der Waals surface area contributed by atoms with E-state index in [1.807, 2.05) is 0 Å². The first-order valence-corrected chi connectivity index (χ1v) is 5.92. The van der Waals surface area contributed by atoms with Crippen molar-refractivity contribution in [2.75, 3.05) is 12.4 Å². The van der Waals surface area contributed by atoms with Crippen molar-refractivity contribution < 1.29 is 14.3 Å². The molecule has 0 aliphatic heterocycles. The second-order valence-electron chi connectivity index (χ2n) is 3.81. The number of esters is 1. The maximum Gasteiger partial charge on any atom is 0.339 e. The molecule has 0 fully saturated rings. The molecule has 0 aliphatic rings. The third kappa shape index (κ3) is 4.08. The van der Waals surface area contributed by atoms with Crippen LogP contribution < -0.4 is 11.1 Å². The SMILES string of the molecule is C=CCC(N)C(=O)Nc1ccc(Cl)c(C(=O)OC)c1. The average molecular weight is 283 g/mol. The van der Waals surface area contributed by atoms with Crippen molar-refractivity contribution in [3.05, 3.63) is 41.4 Å². The van der Waals surface area contributed by atoms with Crippen LogP contribution in [0.15, 0.2) is 30.9 Å². The molecule has 0 aromatic heterocycles. The summed E-state index contributed by atoms with van der Waals surface area (Å²) in [5, 5.41) is 2.85. The van der Waals surface area contributed by atoms with Gasteiger partial charge in [0.25, 0.3) is 0 Å². The first-order valence-electron chi connectivity index (χ1n) is 5.54. The molecule has 0 saturated heterocycles. The van der Waals surface area contributed by atoms with Crippen LogP contribution in [0.1, 0.15) is 16.8 Å². The molecular formula is C13H15ClN2O3. The normalized spacial score (nSPS) is 11.5. The molecule has 0 saturated carbocycles. The molecule has 3 N–H and O–H groups in total. The van der Waals surface area contributed by atoms with Gasteiger partial charge in [-0.1, -0.05) is 17.7 Å². The number of rotatable bonds is 5. The van der Waals surface area contributed by atoms with Crippen LogP contribution in [0, 0.1) is 0 Å². The van der Waals surface area contributed by atoms with Crippen molar-refractivity contribution in [1.29, 1.82) is 0 Å². The highest BCUT2D eigenvalue weighted by Crippen LogP contribution is 2.21. The molecule has 1 aromatic rings. The predicted octanol–water partition coefficient (Wildman–Crippen LogP) is 1.97. The maximum atomic E-state index is 11.7. The standard InChI is InChI=1S/C13H15ClN2O3/c1-3-4-11(15)12(17)16-8-5-6-10(14)9(7-8)13(18)19-2/h3,5-7,11H,1,4,15H2,2H3,(H,16,17). The summed E-state index contributed by atoms with van der Waals surface area (Å²) in [7, 11) is 1.25. The Labute approximate surface area is 116 Å². The molecule has 6 heteroatoms. The lowest BCUT2D eigenvalue weighted by Crippen LogP contribution is -2.35. The number of methoxy groups -OCH3 is 1. The van der Waals surface area contributed by atoms with Gasteiger partial charge in [0, 0.05) is 5.69 Å². The number of carbonyl (C=O) groups is 2. The van der Waals surface area contributed by atoms with Crippen LogP contribution in [0.3, 0.4) is 0 Å². The minimum Gasteiger partial charge on any atom is -0.465 e. The fourth-order valence-corrected chi connectivity index (χ4v) is 1.59. The molecule has 0 spiro atoms. The summed E-state index contributed by atoms with van der Waals surface area (Å²) in [6, 6.07) is 3.83. The molecule has 1 unspecified atom stereocenters. The van der Waals surface area contributed by atoms with Gasteiger partial charge in [-0.15, -0.1) is 6.58 Å². The Kier molecular flexibility index (Phi) is 5.54. The van der Waals surface area contributed by atoms with Gasteiger partial charge in [0.15, 0.2) is 0 Å². The number of halogens is 1. The lowest BCUT2D eigenvalue weighted by molar-refractivity contribution is -0.117. The summed E-state index contributed by atoms with van der Waals surface area (Å²) in [6.45, 7) is 3.51. The topological polar surface area (TPSA) is 81.4 Å². The van der Waals surface area contributed by atoms with E-state index < -0.39 is 12.0 Å². The third-order valence-electron chi connectivity index (χ3n) is 2.40. The fraction of sp³-hybridized carbons (Fsp3) is 0.231. The molecule has 0 aliphatic carbocycles. The number of anilines is 1. The zero-order valence-corrected chi connectivity index (χ0v) is 11.2. The number of amides is 1. The summed E-state index contributed by atoms with van der Waals surface area (Å²) in [6.07, 6.45) is 1.93. The Balaban J connectivity index is 2.88. The summed E-state index contributed by atoms with van der Waals surface area (Å²) in [4.78, 5) is 23.2. The van der Waals surface area contributed by atoms with E-state index in [1.54, 1.807) is 12.1 Å². The highest BCUT2D eigenvalue weighted by atomic mass is 35.5. The molecular weight excluding hydrogens is 268 g/mol. The van der Waals surface area contributed by atoms with Crippen LogP contribution in [-0.4, -0.2) is 25.0 Å². The van der Waals surface area contributed by atoms with Gasteiger partial charge in [-0.3, -0.25) is 4.79 Å². The van der Waals surface area contributed by atoms with Gasteiger partial charge in [0.1, 0.15) is 0 Å². The zero-order valence-electron chi connectivity index (χ0n) is 10.5. The molecule has 102 valence electrons. The van der Waals surface area contributed by atoms with Crippen molar-refractivity contribution in [2.24, 2.45) is 5.73 Å². The number of hydrogen-bond donors (Lipinski definition) is 2. The second-order valence-corrected chi connectivity index (χ2v) is 4.21. The molecule has 1 rings (SSSR count). The number of benzene rings is 1. The second kappa shape index (κ2) is 6.92. The molecule has 19 heavy (non-hydrogen) atoms. The fourth-order valence-electron chi connectivity index (χ4n) is 1.39. The van der Waals surface area contributed by atoms with Crippen LogP contribution in [0.4, 0.5) is 5.69 Å². The van der Waals surface area contributed by atoms with Crippen molar-refractivity contribution in [3.63, 3.8) is 0 Å². The molecule has 1 aromatic carbocycles. The molecule has 0 radical (unpaired) electrons. The van der Waals surface area contributed by atoms with Crippen molar-refractivity contribution >= 4 is 29.2 Å². The van der Waals surface area contributed by atoms with E-state index in [0.717, 1.165) is 0 Å². The Bertz CT molecular complexity index is 503. The molecule has 1 atom stereocenters. The van der Waals surface area contributed by atoms with E-state index in [1.165, 1.54) is 19.2 Å². The Morgan fingerprint density at radius 3 is 2.84 bits per heavy atom. The monoisotopic (exact) mass is 282 g/mol. The van der Waals surface area contributed by atoms with Gasteiger partial charge >= 0.3 is 5.97 Å². The number of nitrogens with one attached hydrogen (secondary N) is 1. The quantitative estimate of drug-likeness (QED) is 0.639. The van der Waals surface area contributed by atoms with Crippen LogP contribution in [-0.2, 0) is 9.53 Å². The van der Waals surface area contributed by atoms with Gasteiger partial charge in [-0.05, 0) is 24.6 Å². The number of carbonyl (C=O) groups excluding carboxylic acids is 2. The van der Waals surface area contributed by atoms with Gasteiger partial charge in [0.05, 0.1) is 23.7 Å². The molecule has 5 nitrogen and oxygen atoms in total. The van der Waals surface area contributed by atoms with E-state index in [4.69, 9.17) is 17.3 Å². The third-order valence-corrected chi connectivity index (χ3v) is 2.73. The Morgan fingerprint density at radius 1 is 1.58 bits per heavy atom. The average Bonchev–Trinajstić information content (AvgIpc) is 2.40. The van der Waals surface area contributed by atoms with Gasteiger partial charge < -0.3 is 15.8 Å². The van der Waals surface area contributed by atoms with E-state index in [-0.39, 0.29) is 16.5 Å². The van der Waals surface area contributed by atoms with Gasteiger partial charge in [-0.2, -0.15) is 0 Å². The van der Waals surface area contributed by atoms with Crippen LogP contribution in [0.2, 0.25) is 5.02 Å². The highest BCUT2D eigenvalue weighted by Gasteiger charge is 2.15. The summed E-state index contributed by atoms with van der Waals surface area (Å²) < 4.78 is 4.59. The summed E-state index contributed by atoms with van der Waals surface area (Å²) in [5.74, 6) is -0.936. The Hall–Kier alpha value is -1.85. The van der Waals surface area contributed by atoms with Gasteiger partial charge in [-0.25, -0.2) is 4.79 Å². The first kappa shape index (κ1) is 15.2. The largest absolute Gasteiger partial charge is 0.465 e. The number of hydrogen-bond acceptors (Lipinski definition) is 4.